The van der Waals surface area contributed by atoms with Crippen LogP contribution in [0.25, 0.3) is 0 Å². The van der Waals surface area contributed by atoms with Crippen molar-refractivity contribution in [3.05, 3.63) is 0 Å². The van der Waals surface area contributed by atoms with Crippen LogP contribution < -0.4 is 5.32 Å². The zero-order valence-electron chi connectivity index (χ0n) is 11.7. The van der Waals surface area contributed by atoms with Crippen molar-refractivity contribution in [3.8, 4) is 0 Å². The molecular weight excluding hydrogens is 258 g/mol. The van der Waals surface area contributed by atoms with Crippen LogP contribution in [0.4, 0.5) is 0 Å². The van der Waals surface area contributed by atoms with Crippen LogP contribution in [0.1, 0.15) is 44.9 Å². The van der Waals surface area contributed by atoms with Gasteiger partial charge in [-0.05, 0) is 55.9 Å². The summed E-state index contributed by atoms with van der Waals surface area (Å²) >= 11 is 2.04. The highest BCUT2D eigenvalue weighted by atomic mass is 32.2. The zero-order chi connectivity index (χ0) is 13.1. The van der Waals surface area contributed by atoms with Gasteiger partial charge in [-0.2, -0.15) is 11.8 Å². The Morgan fingerprint density at radius 3 is 2.89 bits per heavy atom. The van der Waals surface area contributed by atoms with Gasteiger partial charge in [0, 0.05) is 19.1 Å². The monoisotopic (exact) mass is 283 g/mol. The lowest BCUT2D eigenvalue weighted by Crippen LogP contribution is -2.46. The minimum absolute atomic E-state index is 0.112. The third-order valence-electron chi connectivity index (χ3n) is 5.08. The normalized spacial score (nSPS) is 35.7. The molecule has 3 aliphatic heterocycles. The fourth-order valence-corrected chi connectivity index (χ4v) is 5.15. The van der Waals surface area contributed by atoms with E-state index in [1.54, 1.807) is 0 Å². The first-order valence-corrected chi connectivity index (χ1v) is 8.94. The van der Waals surface area contributed by atoms with E-state index in [4.69, 9.17) is 4.74 Å². The van der Waals surface area contributed by atoms with Gasteiger partial charge < -0.3 is 10.1 Å². The van der Waals surface area contributed by atoms with Crippen molar-refractivity contribution in [1.29, 1.82) is 0 Å². The van der Waals surface area contributed by atoms with E-state index in [1.165, 1.54) is 30.8 Å². The van der Waals surface area contributed by atoms with Crippen molar-refractivity contribution in [1.82, 2.24) is 5.32 Å². The molecule has 1 spiro atoms. The molecule has 19 heavy (non-hydrogen) atoms. The van der Waals surface area contributed by atoms with E-state index < -0.39 is 0 Å². The molecule has 0 aromatic carbocycles. The Morgan fingerprint density at radius 1 is 1.21 bits per heavy atom. The van der Waals surface area contributed by atoms with E-state index in [1.807, 2.05) is 11.8 Å². The fraction of sp³-hybridized carbons (Fsp3) is 0.933. The minimum atomic E-state index is 0.112. The molecule has 0 bridgehead atoms. The summed E-state index contributed by atoms with van der Waals surface area (Å²) in [5, 5.41) is 3.10. The van der Waals surface area contributed by atoms with Gasteiger partial charge in [0.1, 0.15) is 0 Å². The van der Waals surface area contributed by atoms with Gasteiger partial charge in [-0.3, -0.25) is 4.79 Å². The molecule has 3 aliphatic rings. The molecule has 0 saturated carbocycles. The first-order valence-electron chi connectivity index (χ1n) is 7.79. The number of nitrogens with one attached hydrogen (secondary N) is 1. The summed E-state index contributed by atoms with van der Waals surface area (Å²) in [4.78, 5) is 12.2. The molecule has 4 heteroatoms. The lowest BCUT2D eigenvalue weighted by atomic mass is 9.74. The van der Waals surface area contributed by atoms with Gasteiger partial charge in [-0.1, -0.05) is 6.42 Å². The Kier molecular flexibility index (Phi) is 4.37. The molecule has 3 nitrogen and oxygen atoms in total. The Morgan fingerprint density at radius 2 is 2.05 bits per heavy atom. The molecule has 0 radical (unpaired) electrons. The molecule has 1 N–H and O–H groups in total. The van der Waals surface area contributed by atoms with Gasteiger partial charge in [0.15, 0.2) is 0 Å². The first kappa shape index (κ1) is 13.7. The summed E-state index contributed by atoms with van der Waals surface area (Å²) < 4.78 is 6.15. The number of thioether (sulfide) groups is 1. The van der Waals surface area contributed by atoms with E-state index in [-0.39, 0.29) is 11.5 Å². The minimum Gasteiger partial charge on any atom is -0.375 e. The van der Waals surface area contributed by atoms with Crippen LogP contribution in [0, 0.1) is 11.8 Å². The Balaban J connectivity index is 1.68. The molecule has 3 saturated heterocycles. The van der Waals surface area contributed by atoms with E-state index in [9.17, 15) is 4.79 Å². The molecule has 3 heterocycles. The number of hydrogen-bond acceptors (Lipinski definition) is 3. The molecule has 2 atom stereocenters. The highest BCUT2D eigenvalue weighted by Crippen LogP contribution is 2.43. The summed E-state index contributed by atoms with van der Waals surface area (Å²) in [5.74, 6) is 3.56. The second-order valence-electron chi connectivity index (χ2n) is 6.29. The van der Waals surface area contributed by atoms with Crippen molar-refractivity contribution >= 4 is 17.7 Å². The van der Waals surface area contributed by atoms with Crippen LogP contribution in [0.2, 0.25) is 0 Å². The van der Waals surface area contributed by atoms with Crippen molar-refractivity contribution in [2.45, 2.75) is 50.5 Å². The number of hydrogen-bond donors (Lipinski definition) is 1. The Hall–Kier alpha value is -0.220. The Labute approximate surface area is 120 Å². The Bertz CT molecular complexity index is 323. The summed E-state index contributed by atoms with van der Waals surface area (Å²) in [6.07, 6.45) is 7.99. The molecule has 0 aromatic heterocycles. The number of rotatable bonds is 1. The van der Waals surface area contributed by atoms with Crippen LogP contribution in [-0.4, -0.2) is 36.2 Å². The van der Waals surface area contributed by atoms with Crippen LogP contribution in [0.3, 0.4) is 0 Å². The third-order valence-corrected chi connectivity index (χ3v) is 6.07. The highest BCUT2D eigenvalue weighted by Gasteiger charge is 2.42. The number of ether oxygens (including phenoxy) is 1. The van der Waals surface area contributed by atoms with Crippen molar-refractivity contribution < 1.29 is 9.53 Å². The largest absolute Gasteiger partial charge is 0.375 e. The van der Waals surface area contributed by atoms with E-state index >= 15 is 0 Å². The number of amides is 1. The van der Waals surface area contributed by atoms with Crippen LogP contribution in [-0.2, 0) is 9.53 Å². The lowest BCUT2D eigenvalue weighted by molar-refractivity contribution is -0.135. The second kappa shape index (κ2) is 6.04. The van der Waals surface area contributed by atoms with Crippen molar-refractivity contribution in [2.75, 3.05) is 24.7 Å². The molecular formula is C15H25NO2S. The standard InChI is InChI=1S/C15H25NO2S/c17-14-13(3-1-2-7-16-14)12-4-8-18-15(11-12)5-9-19-10-6-15/h12-13H,1-11H2,(H,16,17). The molecule has 2 unspecified atom stereocenters. The molecule has 0 aliphatic carbocycles. The third kappa shape index (κ3) is 3.10. The maximum absolute atomic E-state index is 12.2. The zero-order valence-corrected chi connectivity index (χ0v) is 12.5. The summed E-state index contributed by atoms with van der Waals surface area (Å²) in [6.45, 7) is 1.74. The summed E-state index contributed by atoms with van der Waals surface area (Å²) in [5.41, 5.74) is 0.112. The van der Waals surface area contributed by atoms with Crippen LogP contribution in [0.15, 0.2) is 0 Å². The van der Waals surface area contributed by atoms with Gasteiger partial charge in [0.25, 0.3) is 0 Å². The van der Waals surface area contributed by atoms with Gasteiger partial charge in [0.05, 0.1) is 5.60 Å². The average Bonchev–Trinajstić information content (AvgIpc) is 2.64. The quantitative estimate of drug-likeness (QED) is 0.804. The van der Waals surface area contributed by atoms with Crippen molar-refractivity contribution in [3.63, 3.8) is 0 Å². The van der Waals surface area contributed by atoms with Crippen LogP contribution in [0.5, 0.6) is 0 Å². The van der Waals surface area contributed by atoms with Gasteiger partial charge in [0.2, 0.25) is 5.91 Å². The first-order chi connectivity index (χ1) is 9.29. The smallest absolute Gasteiger partial charge is 0.223 e. The predicted molar refractivity (Wildman–Crippen MR) is 78.3 cm³/mol. The lowest BCUT2D eigenvalue weighted by Gasteiger charge is -2.45. The SMILES string of the molecule is O=C1NCCCCC1C1CCOC2(CCSCC2)C1. The summed E-state index contributed by atoms with van der Waals surface area (Å²) in [6, 6.07) is 0. The van der Waals surface area contributed by atoms with Gasteiger partial charge in [-0.25, -0.2) is 0 Å². The maximum atomic E-state index is 12.2. The molecule has 108 valence electrons. The topological polar surface area (TPSA) is 38.3 Å². The van der Waals surface area contributed by atoms with Gasteiger partial charge >= 0.3 is 0 Å². The fourth-order valence-electron chi connectivity index (χ4n) is 3.91. The van der Waals surface area contributed by atoms with E-state index in [2.05, 4.69) is 5.32 Å². The average molecular weight is 283 g/mol. The molecule has 3 fully saturated rings. The molecule has 0 aromatic rings. The van der Waals surface area contributed by atoms with Gasteiger partial charge in [-0.15, -0.1) is 0 Å². The summed E-state index contributed by atoms with van der Waals surface area (Å²) in [7, 11) is 0. The highest BCUT2D eigenvalue weighted by molar-refractivity contribution is 7.99. The molecule has 3 rings (SSSR count). The van der Waals surface area contributed by atoms with E-state index in [0.29, 0.717) is 11.8 Å². The van der Waals surface area contributed by atoms with Crippen molar-refractivity contribution in [2.24, 2.45) is 11.8 Å². The number of carbonyl (C=O) groups is 1. The van der Waals surface area contributed by atoms with Crippen LogP contribution >= 0.6 is 11.8 Å². The molecule has 1 amide bonds. The second-order valence-corrected chi connectivity index (χ2v) is 7.51. The van der Waals surface area contributed by atoms with E-state index in [0.717, 1.165) is 38.8 Å². The number of carbonyl (C=O) groups excluding carboxylic acids is 1. The predicted octanol–water partition coefficient (Wildman–Crippen LogP) is 2.60. The maximum Gasteiger partial charge on any atom is 0.223 e.